The molecular weight excluding hydrogens is 386 g/mol. The molecule has 4 nitrogen and oxygen atoms in total. The monoisotopic (exact) mass is 403 g/mol. The van der Waals surface area contributed by atoms with Crippen LogP contribution in [0.1, 0.15) is 47.8 Å². The van der Waals surface area contributed by atoms with Gasteiger partial charge in [-0.15, -0.1) is 0 Å². The summed E-state index contributed by atoms with van der Waals surface area (Å²) in [7, 11) is 0. The molecule has 4 heteroatoms. The van der Waals surface area contributed by atoms with Crippen LogP contribution in [0.25, 0.3) is 0 Å². The van der Waals surface area contributed by atoms with Crippen LogP contribution in [0, 0.1) is 0 Å². The van der Waals surface area contributed by atoms with Gasteiger partial charge in [0.15, 0.2) is 17.3 Å². The second-order valence-corrected chi connectivity index (χ2v) is 7.30. The van der Waals surface area contributed by atoms with Gasteiger partial charge in [-0.1, -0.05) is 78.9 Å². The summed E-state index contributed by atoms with van der Waals surface area (Å²) in [5.74, 6) is -0.510. The Bertz CT molecular complexity index is 1360. The summed E-state index contributed by atoms with van der Waals surface area (Å²) in [6, 6.07) is 28.2. The van der Waals surface area contributed by atoms with E-state index in [0.717, 1.165) is 0 Å². The first kappa shape index (κ1) is 18.7. The Morgan fingerprint density at radius 2 is 1.13 bits per heavy atom. The van der Waals surface area contributed by atoms with Crippen LogP contribution in [-0.2, 0) is 0 Å². The fraction of sp³-hybridized carbons (Fsp3) is 0. The normalized spacial score (nSPS) is 12.1. The van der Waals surface area contributed by atoms with Gasteiger partial charge in [-0.25, -0.2) is 0 Å². The van der Waals surface area contributed by atoms with Crippen molar-refractivity contribution in [3.05, 3.63) is 130 Å². The molecule has 0 bridgehead atoms. The first-order chi connectivity index (χ1) is 15.1. The molecule has 0 amide bonds. The van der Waals surface area contributed by atoms with E-state index < -0.39 is 0 Å². The molecule has 0 radical (unpaired) electrons. The molecular formula is C27H17NO3. The van der Waals surface area contributed by atoms with E-state index in [0.29, 0.717) is 44.8 Å². The molecule has 1 aliphatic carbocycles. The fourth-order valence-electron chi connectivity index (χ4n) is 3.93. The summed E-state index contributed by atoms with van der Waals surface area (Å²) in [5.41, 5.74) is 3.63. The Balaban J connectivity index is 1.59. The predicted octanol–water partition coefficient (Wildman–Crippen LogP) is 5.44. The summed E-state index contributed by atoms with van der Waals surface area (Å²) in [6.45, 7) is 0. The Kier molecular flexibility index (Phi) is 4.53. The lowest BCUT2D eigenvalue weighted by Gasteiger charge is -2.21. The van der Waals surface area contributed by atoms with Crippen molar-refractivity contribution in [2.24, 2.45) is 0 Å². The number of anilines is 2. The zero-order chi connectivity index (χ0) is 21.4. The predicted molar refractivity (Wildman–Crippen MR) is 119 cm³/mol. The summed E-state index contributed by atoms with van der Waals surface area (Å²) in [6.07, 6.45) is 0. The summed E-state index contributed by atoms with van der Waals surface area (Å²) in [5, 5.41) is 3.24. The summed E-state index contributed by atoms with van der Waals surface area (Å²) >= 11 is 0. The summed E-state index contributed by atoms with van der Waals surface area (Å²) < 4.78 is 0. The van der Waals surface area contributed by atoms with Crippen LogP contribution in [0.2, 0.25) is 0 Å². The number of hydrogen-bond acceptors (Lipinski definition) is 4. The van der Waals surface area contributed by atoms with Crippen molar-refractivity contribution in [3.63, 3.8) is 0 Å². The third-order valence-electron chi connectivity index (χ3n) is 5.43. The third kappa shape index (κ3) is 3.15. The van der Waals surface area contributed by atoms with Crippen LogP contribution in [0.3, 0.4) is 0 Å². The van der Waals surface area contributed by atoms with E-state index in [4.69, 9.17) is 0 Å². The molecule has 0 unspecified atom stereocenters. The molecule has 0 atom stereocenters. The average Bonchev–Trinajstić information content (AvgIpc) is 2.83. The first-order valence-electron chi connectivity index (χ1n) is 9.92. The highest BCUT2D eigenvalue weighted by atomic mass is 16.1. The highest BCUT2D eigenvalue weighted by molar-refractivity contribution is 6.30. The topological polar surface area (TPSA) is 63.2 Å². The number of ketones is 3. The molecule has 0 saturated carbocycles. The van der Waals surface area contributed by atoms with E-state index in [1.54, 1.807) is 72.8 Å². The number of rotatable bonds is 4. The average molecular weight is 403 g/mol. The van der Waals surface area contributed by atoms with Crippen molar-refractivity contribution in [1.82, 2.24) is 0 Å². The Labute approximate surface area is 179 Å². The molecule has 31 heavy (non-hydrogen) atoms. The largest absolute Gasteiger partial charge is 0.354 e. The zero-order valence-electron chi connectivity index (χ0n) is 16.5. The number of fused-ring (bicyclic) bond motifs is 2. The molecule has 0 aliphatic heterocycles. The van der Waals surface area contributed by atoms with E-state index in [1.807, 2.05) is 24.3 Å². The van der Waals surface area contributed by atoms with Crippen LogP contribution in [-0.4, -0.2) is 17.3 Å². The summed E-state index contributed by atoms with van der Waals surface area (Å²) in [4.78, 5) is 39.3. The molecule has 1 aliphatic rings. The van der Waals surface area contributed by atoms with Crippen molar-refractivity contribution in [2.75, 3.05) is 5.32 Å². The van der Waals surface area contributed by atoms with E-state index >= 15 is 0 Å². The maximum atomic E-state index is 13.2. The van der Waals surface area contributed by atoms with E-state index in [1.165, 1.54) is 0 Å². The highest BCUT2D eigenvalue weighted by Crippen LogP contribution is 2.34. The van der Waals surface area contributed by atoms with Crippen molar-refractivity contribution in [3.8, 4) is 0 Å². The highest BCUT2D eigenvalue weighted by Gasteiger charge is 2.31. The van der Waals surface area contributed by atoms with Crippen LogP contribution < -0.4 is 5.32 Å². The number of carbonyl (C=O) groups excluding carboxylic acids is 3. The number of para-hydroxylation sites is 1. The minimum absolute atomic E-state index is 0.124. The minimum Gasteiger partial charge on any atom is -0.354 e. The lowest BCUT2D eigenvalue weighted by atomic mass is 9.83. The van der Waals surface area contributed by atoms with Gasteiger partial charge < -0.3 is 5.32 Å². The molecule has 148 valence electrons. The van der Waals surface area contributed by atoms with Crippen molar-refractivity contribution >= 4 is 28.7 Å². The minimum atomic E-state index is -0.208. The molecule has 4 aromatic carbocycles. The molecule has 0 spiro atoms. The second-order valence-electron chi connectivity index (χ2n) is 7.30. The van der Waals surface area contributed by atoms with Crippen molar-refractivity contribution < 1.29 is 14.4 Å². The van der Waals surface area contributed by atoms with Crippen molar-refractivity contribution in [1.29, 1.82) is 0 Å². The molecule has 1 N–H and O–H groups in total. The molecule has 0 heterocycles. The number of benzene rings is 4. The van der Waals surface area contributed by atoms with Crippen LogP contribution in [0.5, 0.6) is 0 Å². The smallest absolute Gasteiger partial charge is 0.196 e. The van der Waals surface area contributed by atoms with Crippen LogP contribution in [0.15, 0.2) is 97.1 Å². The van der Waals surface area contributed by atoms with Crippen LogP contribution in [0.4, 0.5) is 11.4 Å². The Morgan fingerprint density at radius 3 is 1.90 bits per heavy atom. The standard InChI is InChI=1S/C27H17NO3/c29-25(17-9-2-1-3-10-17)20-13-6-7-15-22(20)28-23-16-8-14-21-24(23)27(31)19-12-5-4-11-18(19)26(21)30/h1-16,28H. The lowest BCUT2D eigenvalue weighted by molar-refractivity contribution is 0.0979. The van der Waals surface area contributed by atoms with E-state index in [-0.39, 0.29) is 17.3 Å². The quantitative estimate of drug-likeness (QED) is 0.406. The van der Waals surface area contributed by atoms with Gasteiger partial charge in [-0.05, 0) is 18.2 Å². The molecule has 0 saturated heterocycles. The number of carbonyl (C=O) groups is 3. The molecule has 5 rings (SSSR count). The second kappa shape index (κ2) is 7.50. The molecule has 4 aromatic rings. The SMILES string of the molecule is O=C(c1ccccc1)c1ccccc1Nc1cccc2c1C(=O)c1ccccc1C2=O. The van der Waals surface area contributed by atoms with Gasteiger partial charge in [0.2, 0.25) is 0 Å². The van der Waals surface area contributed by atoms with Gasteiger partial charge >= 0.3 is 0 Å². The van der Waals surface area contributed by atoms with Gasteiger partial charge in [-0.2, -0.15) is 0 Å². The van der Waals surface area contributed by atoms with E-state index in [2.05, 4.69) is 5.32 Å². The van der Waals surface area contributed by atoms with Gasteiger partial charge in [0.25, 0.3) is 0 Å². The van der Waals surface area contributed by atoms with Gasteiger partial charge in [-0.3, -0.25) is 14.4 Å². The molecule has 0 aromatic heterocycles. The third-order valence-corrected chi connectivity index (χ3v) is 5.43. The van der Waals surface area contributed by atoms with Gasteiger partial charge in [0.05, 0.1) is 11.3 Å². The lowest BCUT2D eigenvalue weighted by Crippen LogP contribution is -2.22. The maximum Gasteiger partial charge on any atom is 0.196 e. The zero-order valence-corrected chi connectivity index (χ0v) is 16.5. The maximum absolute atomic E-state index is 13.2. The Hall–Kier alpha value is -4.31. The van der Waals surface area contributed by atoms with Gasteiger partial charge in [0.1, 0.15) is 0 Å². The molecule has 0 fully saturated rings. The van der Waals surface area contributed by atoms with Crippen molar-refractivity contribution in [2.45, 2.75) is 0 Å². The first-order valence-corrected chi connectivity index (χ1v) is 9.92. The van der Waals surface area contributed by atoms with Gasteiger partial charge in [0, 0.05) is 33.5 Å². The fourth-order valence-corrected chi connectivity index (χ4v) is 3.93. The number of nitrogens with one attached hydrogen (secondary N) is 1. The van der Waals surface area contributed by atoms with E-state index in [9.17, 15) is 14.4 Å². The van der Waals surface area contributed by atoms with Crippen LogP contribution >= 0.6 is 0 Å². The number of hydrogen-bond donors (Lipinski definition) is 1. The Morgan fingerprint density at radius 1 is 0.548 bits per heavy atom.